The second-order valence-electron chi connectivity index (χ2n) is 7.26. The number of halogens is 5. The molecule has 0 atom stereocenters. The van der Waals surface area contributed by atoms with Gasteiger partial charge in [0.2, 0.25) is 0 Å². The third kappa shape index (κ3) is 17.0. The van der Waals surface area contributed by atoms with E-state index in [2.05, 4.69) is 24.8 Å². The third-order valence-corrected chi connectivity index (χ3v) is 5.27. The van der Waals surface area contributed by atoms with Gasteiger partial charge in [0.05, 0.1) is 6.54 Å². The van der Waals surface area contributed by atoms with Crippen LogP contribution in [0.2, 0.25) is 0 Å². The maximum absolute atomic E-state index is 11.4. The van der Waals surface area contributed by atoms with Gasteiger partial charge in [0, 0.05) is 0 Å². The van der Waals surface area contributed by atoms with Gasteiger partial charge >= 0.3 is 11.4 Å². The van der Waals surface area contributed by atoms with Crippen LogP contribution in [0.3, 0.4) is 0 Å². The van der Waals surface area contributed by atoms with Crippen molar-refractivity contribution in [1.82, 2.24) is 0 Å². The topological polar surface area (TPSA) is 84.8 Å². The Balaban J connectivity index is 0. The molecule has 0 amide bonds. The highest BCUT2D eigenvalue weighted by atomic mass is 32.2. The zero-order valence-electron chi connectivity index (χ0n) is 18.0. The molecule has 0 aromatic rings. The summed E-state index contributed by atoms with van der Waals surface area (Å²) in [4.78, 5) is 0. The molecule has 0 aliphatic rings. The molecule has 0 aromatic carbocycles. The molecular weight excluding hydrogens is 429 g/mol. The van der Waals surface area contributed by atoms with Crippen molar-refractivity contribution in [1.29, 1.82) is 0 Å². The van der Waals surface area contributed by atoms with E-state index >= 15 is 0 Å². The van der Waals surface area contributed by atoms with Crippen molar-refractivity contribution in [3.8, 4) is 0 Å². The molecule has 0 aliphatic heterocycles. The summed E-state index contributed by atoms with van der Waals surface area (Å²) in [6, 6.07) is 0. The Kier molecular flexibility index (Phi) is 18.8. The van der Waals surface area contributed by atoms with Crippen LogP contribution in [0.25, 0.3) is 0 Å². The molecule has 0 rings (SSSR count). The SMILES string of the molecule is CCCCCCCC/C=C\CCCCCCCC[NH3+].O=S(=O)([O-])C(F)(F)C(F)(F)F. The van der Waals surface area contributed by atoms with Crippen LogP contribution >= 0.6 is 0 Å². The van der Waals surface area contributed by atoms with Crippen LogP contribution in [0.1, 0.15) is 96.8 Å². The van der Waals surface area contributed by atoms with Gasteiger partial charge in [-0.2, -0.15) is 22.0 Å². The molecule has 0 bridgehead atoms. The maximum Gasteiger partial charge on any atom is 0.468 e. The van der Waals surface area contributed by atoms with Crippen LogP contribution in [0.15, 0.2) is 12.2 Å². The molecule has 30 heavy (non-hydrogen) atoms. The average Bonchev–Trinajstić information content (AvgIpc) is 2.63. The highest BCUT2D eigenvalue weighted by molar-refractivity contribution is 7.86. The van der Waals surface area contributed by atoms with Gasteiger partial charge in [-0.15, -0.1) is 0 Å². The average molecular weight is 468 g/mol. The van der Waals surface area contributed by atoms with E-state index in [4.69, 9.17) is 0 Å². The predicted molar refractivity (Wildman–Crippen MR) is 108 cm³/mol. The summed E-state index contributed by atoms with van der Waals surface area (Å²) in [5.41, 5.74) is 3.88. The van der Waals surface area contributed by atoms with Crippen LogP contribution in [0, 0.1) is 0 Å². The first kappa shape index (κ1) is 31.4. The number of hydrogen-bond acceptors (Lipinski definition) is 3. The summed E-state index contributed by atoms with van der Waals surface area (Å²) < 4.78 is 83.6. The standard InChI is InChI=1S/C18H37N.C2HF5O3S/c1-2-3-4-5-6-7-8-9-10-11-12-13-14-15-16-17-18-19;3-1(4,5)2(6,7)11(8,9)10/h9-10H,2-8,11-19H2,1H3;(H,8,9,10)/b10-9-;. The normalized spacial score (nSPS) is 12.8. The molecular formula is C20H38F5NO3S. The van der Waals surface area contributed by atoms with Crippen molar-refractivity contribution in [3.63, 3.8) is 0 Å². The Morgan fingerprint density at radius 1 is 0.733 bits per heavy atom. The molecule has 0 radical (unpaired) electrons. The predicted octanol–water partition coefficient (Wildman–Crippen LogP) is 5.95. The van der Waals surface area contributed by atoms with E-state index in [9.17, 15) is 34.9 Å². The number of hydrogen-bond donors (Lipinski definition) is 1. The van der Waals surface area contributed by atoms with Gasteiger partial charge < -0.3 is 10.3 Å². The van der Waals surface area contributed by atoms with Crippen molar-refractivity contribution < 1.29 is 40.7 Å². The lowest BCUT2D eigenvalue weighted by Crippen LogP contribution is -2.50. The van der Waals surface area contributed by atoms with Gasteiger partial charge in [0.25, 0.3) is 0 Å². The minimum Gasteiger partial charge on any atom is -0.743 e. The smallest absolute Gasteiger partial charge is 0.468 e. The number of unbranched alkanes of at least 4 members (excludes halogenated alkanes) is 12. The molecule has 10 heteroatoms. The van der Waals surface area contributed by atoms with E-state index in [1.807, 2.05) is 0 Å². The highest BCUT2D eigenvalue weighted by Crippen LogP contribution is 2.38. The summed E-state index contributed by atoms with van der Waals surface area (Å²) in [6.07, 6.45) is 17.9. The lowest BCUT2D eigenvalue weighted by molar-refractivity contribution is -0.368. The van der Waals surface area contributed by atoms with Gasteiger partial charge in [-0.1, -0.05) is 70.4 Å². The van der Waals surface area contributed by atoms with Gasteiger partial charge in [0.15, 0.2) is 10.1 Å². The van der Waals surface area contributed by atoms with Gasteiger partial charge in [0.1, 0.15) is 0 Å². The van der Waals surface area contributed by atoms with E-state index in [1.54, 1.807) is 0 Å². The maximum atomic E-state index is 11.4. The molecule has 3 N–H and O–H groups in total. The molecule has 0 spiro atoms. The quantitative estimate of drug-likeness (QED) is 0.132. The molecule has 4 nitrogen and oxygen atoms in total. The molecule has 0 unspecified atom stereocenters. The number of quaternary nitrogens is 1. The first-order chi connectivity index (χ1) is 13.9. The second kappa shape index (κ2) is 17.9. The summed E-state index contributed by atoms with van der Waals surface area (Å²) in [5, 5.41) is -6.21. The number of allylic oxidation sites excluding steroid dienone is 2. The van der Waals surface area contributed by atoms with Crippen molar-refractivity contribution in [3.05, 3.63) is 12.2 Å². The number of alkyl halides is 5. The molecule has 0 saturated heterocycles. The summed E-state index contributed by atoms with van der Waals surface area (Å²) in [7, 11) is -6.67. The fourth-order valence-corrected chi connectivity index (χ4v) is 2.85. The summed E-state index contributed by atoms with van der Waals surface area (Å²) in [5.74, 6) is 0. The third-order valence-electron chi connectivity index (χ3n) is 4.41. The zero-order chi connectivity index (χ0) is 23.5. The van der Waals surface area contributed by atoms with E-state index in [1.165, 1.54) is 89.9 Å². The fraction of sp³-hybridized carbons (Fsp3) is 0.900. The van der Waals surface area contributed by atoms with Gasteiger partial charge in [-0.05, 0) is 38.5 Å². The van der Waals surface area contributed by atoms with E-state index in [0.29, 0.717) is 0 Å². The Morgan fingerprint density at radius 2 is 1.10 bits per heavy atom. The lowest BCUT2D eigenvalue weighted by Gasteiger charge is -2.21. The summed E-state index contributed by atoms with van der Waals surface area (Å²) in [6.45, 7) is 3.39. The Hall–Kier alpha value is -0.740. The minimum atomic E-state index is -6.67. The second-order valence-corrected chi connectivity index (χ2v) is 8.68. The monoisotopic (exact) mass is 467 g/mol. The van der Waals surface area contributed by atoms with Gasteiger partial charge in [-0.25, -0.2) is 8.42 Å². The molecule has 0 heterocycles. The first-order valence-corrected chi connectivity index (χ1v) is 12.2. The van der Waals surface area contributed by atoms with Crippen molar-refractivity contribution in [2.24, 2.45) is 0 Å². The first-order valence-electron chi connectivity index (χ1n) is 10.8. The van der Waals surface area contributed by atoms with Crippen LogP contribution in [0.5, 0.6) is 0 Å². The Bertz CT molecular complexity index is 523. The minimum absolute atomic E-state index is 1.11. The van der Waals surface area contributed by atoms with Crippen LogP contribution in [0.4, 0.5) is 22.0 Å². The summed E-state index contributed by atoms with van der Waals surface area (Å²) >= 11 is 0. The van der Waals surface area contributed by atoms with E-state index in [-0.39, 0.29) is 0 Å². The molecule has 0 saturated carbocycles. The zero-order valence-corrected chi connectivity index (χ0v) is 18.8. The van der Waals surface area contributed by atoms with Gasteiger partial charge in [-0.3, -0.25) is 0 Å². The largest absolute Gasteiger partial charge is 0.743 e. The van der Waals surface area contributed by atoms with Crippen molar-refractivity contribution in [2.45, 2.75) is 108 Å². The Morgan fingerprint density at radius 3 is 1.40 bits per heavy atom. The van der Waals surface area contributed by atoms with Crippen molar-refractivity contribution in [2.75, 3.05) is 6.54 Å². The Labute approximate surface area is 178 Å². The lowest BCUT2D eigenvalue weighted by atomic mass is 10.1. The fourth-order valence-electron chi connectivity index (χ4n) is 2.57. The van der Waals surface area contributed by atoms with E-state index < -0.39 is 21.5 Å². The van der Waals surface area contributed by atoms with Crippen molar-refractivity contribution >= 4 is 10.1 Å². The van der Waals surface area contributed by atoms with E-state index in [0.717, 1.165) is 6.54 Å². The molecule has 0 aliphatic carbocycles. The van der Waals surface area contributed by atoms with Crippen LogP contribution in [-0.4, -0.2) is 30.9 Å². The van der Waals surface area contributed by atoms with Crippen LogP contribution in [-0.2, 0) is 10.1 Å². The number of rotatable bonds is 16. The molecule has 0 fully saturated rings. The highest BCUT2D eigenvalue weighted by Gasteiger charge is 2.63. The van der Waals surface area contributed by atoms with Crippen LogP contribution < -0.4 is 5.73 Å². The molecule has 182 valence electrons. The molecule has 0 aromatic heterocycles.